The van der Waals surface area contributed by atoms with E-state index in [-0.39, 0.29) is 6.03 Å². The molecule has 1 aliphatic rings. The number of urea groups is 1. The molecule has 0 bridgehead atoms. The molecule has 0 aliphatic carbocycles. The van der Waals surface area contributed by atoms with Gasteiger partial charge in [-0.3, -0.25) is 0 Å². The van der Waals surface area contributed by atoms with Crippen molar-refractivity contribution in [2.24, 2.45) is 0 Å². The molecule has 0 radical (unpaired) electrons. The zero-order valence-electron chi connectivity index (χ0n) is 21.5. The summed E-state index contributed by atoms with van der Waals surface area (Å²) in [5.74, 6) is 7.51. The first-order valence-corrected chi connectivity index (χ1v) is 12.4. The summed E-state index contributed by atoms with van der Waals surface area (Å²) >= 11 is 0. The van der Waals surface area contributed by atoms with Gasteiger partial charge in [-0.05, 0) is 66.4 Å². The number of aliphatic hydroxyl groups is 1. The lowest BCUT2D eigenvalue weighted by Gasteiger charge is -2.26. The van der Waals surface area contributed by atoms with Gasteiger partial charge in [-0.2, -0.15) is 0 Å². The maximum absolute atomic E-state index is 13.0. The molecule has 0 saturated carbocycles. The van der Waals surface area contributed by atoms with E-state index in [1.54, 1.807) is 7.11 Å². The molecule has 6 nitrogen and oxygen atoms in total. The van der Waals surface area contributed by atoms with Crippen LogP contribution in [0.1, 0.15) is 29.0 Å². The van der Waals surface area contributed by atoms with E-state index in [1.807, 2.05) is 65.6 Å². The normalized spacial score (nSPS) is 16.2. The number of amides is 2. The van der Waals surface area contributed by atoms with Crippen molar-refractivity contribution in [1.82, 2.24) is 10.2 Å². The highest BCUT2D eigenvalue weighted by molar-refractivity contribution is 5.89. The minimum atomic E-state index is -0.0985. The average molecular weight is 498 g/mol. The molecule has 0 unspecified atom stereocenters. The van der Waals surface area contributed by atoms with Crippen LogP contribution in [0, 0.1) is 11.8 Å². The van der Waals surface area contributed by atoms with Crippen molar-refractivity contribution in [1.29, 1.82) is 0 Å². The summed E-state index contributed by atoms with van der Waals surface area (Å²) in [4.78, 5) is 14.8. The van der Waals surface area contributed by atoms with Gasteiger partial charge in [0.15, 0.2) is 0 Å². The molecule has 3 N–H and O–H groups in total. The van der Waals surface area contributed by atoms with Crippen molar-refractivity contribution in [3.8, 4) is 17.6 Å². The molecule has 1 atom stereocenters. The van der Waals surface area contributed by atoms with Gasteiger partial charge < -0.3 is 25.4 Å². The van der Waals surface area contributed by atoms with Crippen LogP contribution in [0.4, 0.5) is 10.5 Å². The first-order valence-electron chi connectivity index (χ1n) is 12.4. The largest absolute Gasteiger partial charge is 0.497 e. The maximum Gasteiger partial charge on any atom is 0.322 e. The Labute approximate surface area is 220 Å². The molecule has 6 heteroatoms. The van der Waals surface area contributed by atoms with E-state index in [0.717, 1.165) is 49.2 Å². The highest BCUT2D eigenvalue weighted by atomic mass is 16.5. The monoisotopic (exact) mass is 497 g/mol. The molecule has 0 aromatic heterocycles. The molecular weight excluding hydrogens is 462 g/mol. The zero-order valence-corrected chi connectivity index (χ0v) is 21.5. The summed E-state index contributed by atoms with van der Waals surface area (Å²) in [6.07, 6.45) is 4.99. The summed E-state index contributed by atoms with van der Waals surface area (Å²) in [6, 6.07) is 25.8. The third-order valence-corrected chi connectivity index (χ3v) is 6.03. The summed E-state index contributed by atoms with van der Waals surface area (Å²) in [5.41, 5.74) is 4.01. The quantitative estimate of drug-likeness (QED) is 0.357. The van der Waals surface area contributed by atoms with Crippen LogP contribution in [-0.4, -0.2) is 56.4 Å². The van der Waals surface area contributed by atoms with Gasteiger partial charge in [-0.15, -0.1) is 0 Å². The van der Waals surface area contributed by atoms with E-state index in [2.05, 4.69) is 52.8 Å². The second-order valence-electron chi connectivity index (χ2n) is 8.46. The highest BCUT2D eigenvalue weighted by Gasteiger charge is 2.18. The molecule has 4 rings (SSSR count). The number of ether oxygens (including phenoxy) is 1. The number of aliphatic hydroxyl groups excluding tert-OH is 1. The topological polar surface area (TPSA) is 73.8 Å². The standard InChI is InChI=1S/C30H31N3O2.CH4O/c1-35-29-17-15-28(16-18-29)32-30(34)33-21-6-5-20-31-23-27(19-22-33)26-13-11-25(12-14-26)10-9-24-7-3-2-4-8-24;1-2/h2-8,11-18,27,31H,19-23H2,1H3,(H,32,34);2H,1H3/b6-5-;/t27-;/m1./s1. The van der Waals surface area contributed by atoms with E-state index in [4.69, 9.17) is 9.84 Å². The molecule has 1 heterocycles. The minimum Gasteiger partial charge on any atom is -0.497 e. The number of methoxy groups -OCH3 is 1. The van der Waals surface area contributed by atoms with Gasteiger partial charge in [0.2, 0.25) is 0 Å². The Morgan fingerprint density at radius 3 is 2.30 bits per heavy atom. The van der Waals surface area contributed by atoms with Crippen molar-refractivity contribution in [2.45, 2.75) is 12.3 Å². The fourth-order valence-electron chi connectivity index (χ4n) is 3.98. The third-order valence-electron chi connectivity index (χ3n) is 6.03. The highest BCUT2D eigenvalue weighted by Crippen LogP contribution is 2.21. The van der Waals surface area contributed by atoms with Gasteiger partial charge in [0, 0.05) is 50.1 Å². The predicted molar refractivity (Wildman–Crippen MR) is 150 cm³/mol. The molecule has 192 valence electrons. The molecule has 3 aromatic carbocycles. The number of hydrogen-bond acceptors (Lipinski definition) is 4. The lowest BCUT2D eigenvalue weighted by atomic mass is 9.94. The number of benzene rings is 3. The molecule has 0 fully saturated rings. The van der Waals surface area contributed by atoms with Crippen molar-refractivity contribution in [3.05, 3.63) is 108 Å². The summed E-state index contributed by atoms with van der Waals surface area (Å²) in [5, 5.41) is 13.5. The summed E-state index contributed by atoms with van der Waals surface area (Å²) in [6.45, 7) is 2.87. The lowest BCUT2D eigenvalue weighted by Crippen LogP contribution is -2.38. The molecule has 1 aliphatic heterocycles. The number of anilines is 1. The predicted octanol–water partition coefficient (Wildman–Crippen LogP) is 4.87. The number of nitrogens with zero attached hydrogens (tertiary/aromatic N) is 1. The van der Waals surface area contributed by atoms with Crippen LogP contribution in [0.15, 0.2) is 91.0 Å². The second-order valence-corrected chi connectivity index (χ2v) is 8.46. The molecule has 2 amide bonds. The SMILES string of the molecule is CO.COc1ccc(NC(=O)N2C/C=C\CNC[C@H](c3ccc(C#Cc4ccccc4)cc3)CC2)cc1. The number of carbonyl (C=O) groups is 1. The van der Waals surface area contributed by atoms with Crippen molar-refractivity contribution >= 4 is 11.7 Å². The number of hydrogen-bond donors (Lipinski definition) is 3. The molecule has 0 saturated heterocycles. The minimum absolute atomic E-state index is 0.0985. The number of rotatable bonds is 3. The maximum atomic E-state index is 13.0. The van der Waals surface area contributed by atoms with Crippen LogP contribution in [0.2, 0.25) is 0 Å². The fraction of sp³-hybridized carbons (Fsp3) is 0.258. The van der Waals surface area contributed by atoms with Crippen LogP contribution in [-0.2, 0) is 0 Å². The first kappa shape index (κ1) is 27.5. The van der Waals surface area contributed by atoms with E-state index in [9.17, 15) is 4.79 Å². The Hall–Kier alpha value is -4.05. The van der Waals surface area contributed by atoms with Gasteiger partial charge in [0.1, 0.15) is 5.75 Å². The van der Waals surface area contributed by atoms with Crippen LogP contribution in [0.5, 0.6) is 5.75 Å². The van der Waals surface area contributed by atoms with Crippen LogP contribution in [0.25, 0.3) is 0 Å². The second kappa shape index (κ2) is 15.1. The van der Waals surface area contributed by atoms with Crippen LogP contribution < -0.4 is 15.4 Å². The van der Waals surface area contributed by atoms with Crippen molar-refractivity contribution in [3.63, 3.8) is 0 Å². The fourth-order valence-corrected chi connectivity index (χ4v) is 3.98. The Balaban J connectivity index is 0.00000186. The Bertz CT molecular complexity index is 1180. The summed E-state index contributed by atoms with van der Waals surface area (Å²) in [7, 11) is 2.63. The first-order chi connectivity index (χ1) is 18.2. The van der Waals surface area contributed by atoms with Gasteiger partial charge in [0.05, 0.1) is 7.11 Å². The Morgan fingerprint density at radius 1 is 0.946 bits per heavy atom. The van der Waals surface area contributed by atoms with E-state index < -0.39 is 0 Å². The van der Waals surface area contributed by atoms with E-state index >= 15 is 0 Å². The van der Waals surface area contributed by atoms with Gasteiger partial charge in [0.25, 0.3) is 0 Å². The van der Waals surface area contributed by atoms with Crippen molar-refractivity contribution < 1.29 is 14.6 Å². The molecule has 0 spiro atoms. The molecule has 3 aromatic rings. The van der Waals surface area contributed by atoms with Crippen LogP contribution >= 0.6 is 0 Å². The Kier molecular flexibility index (Phi) is 11.3. The number of nitrogens with one attached hydrogen (secondary N) is 2. The van der Waals surface area contributed by atoms with Crippen molar-refractivity contribution in [2.75, 3.05) is 45.7 Å². The zero-order chi connectivity index (χ0) is 26.3. The lowest BCUT2D eigenvalue weighted by molar-refractivity contribution is 0.214. The van der Waals surface area contributed by atoms with E-state index in [0.29, 0.717) is 19.0 Å². The molecular formula is C31H35N3O3. The molecule has 37 heavy (non-hydrogen) atoms. The van der Waals surface area contributed by atoms with E-state index in [1.165, 1.54) is 5.56 Å². The smallest absolute Gasteiger partial charge is 0.322 e. The average Bonchev–Trinajstić information content (AvgIpc) is 2.97. The van der Waals surface area contributed by atoms with Gasteiger partial charge in [-0.1, -0.05) is 54.3 Å². The Morgan fingerprint density at radius 2 is 1.62 bits per heavy atom. The van der Waals surface area contributed by atoms with Gasteiger partial charge in [-0.25, -0.2) is 4.79 Å². The summed E-state index contributed by atoms with van der Waals surface area (Å²) < 4.78 is 5.20. The van der Waals surface area contributed by atoms with Crippen LogP contribution in [0.3, 0.4) is 0 Å². The van der Waals surface area contributed by atoms with Gasteiger partial charge >= 0.3 is 6.03 Å². The number of carbonyl (C=O) groups excluding carboxylic acids is 1. The third kappa shape index (κ3) is 8.84.